The number of methoxy groups -OCH3 is 1. The molecule has 4 rings (SSSR count). The number of aromatic nitrogens is 2. The summed E-state index contributed by atoms with van der Waals surface area (Å²) in [4.78, 5) is 28.0. The van der Waals surface area contributed by atoms with Gasteiger partial charge in [0, 0.05) is 47.1 Å². The highest BCUT2D eigenvalue weighted by molar-refractivity contribution is 6.31. The first-order valence-corrected chi connectivity index (χ1v) is 15.1. The van der Waals surface area contributed by atoms with Crippen molar-refractivity contribution in [3.8, 4) is 5.75 Å². The van der Waals surface area contributed by atoms with Gasteiger partial charge in [0.25, 0.3) is 11.5 Å². The molecule has 0 atom stereocenters. The topological polar surface area (TPSA) is 91.4 Å². The molecule has 8 nitrogen and oxygen atoms in total. The molecule has 9 heteroatoms. The van der Waals surface area contributed by atoms with Gasteiger partial charge in [-0.25, -0.2) is 0 Å². The molecule has 0 radical (unpaired) electrons. The minimum Gasteiger partial charge on any atom is -0.497 e. The van der Waals surface area contributed by atoms with E-state index in [-0.39, 0.29) is 18.0 Å². The lowest BCUT2D eigenvalue weighted by molar-refractivity contribution is 0.0950. The molecule has 0 saturated heterocycles. The lowest BCUT2D eigenvalue weighted by Gasteiger charge is -2.39. The van der Waals surface area contributed by atoms with Crippen LogP contribution in [0.15, 0.2) is 41.2 Å². The number of benzene rings is 2. The summed E-state index contributed by atoms with van der Waals surface area (Å²) < 4.78 is 7.13. The largest absolute Gasteiger partial charge is 0.497 e. The number of halogens is 1. The van der Waals surface area contributed by atoms with E-state index in [1.165, 1.54) is 5.56 Å². The summed E-state index contributed by atoms with van der Waals surface area (Å²) in [6.07, 6.45) is 5.35. The molecule has 222 valence electrons. The highest BCUT2D eigenvalue weighted by Crippen LogP contribution is 2.33. The van der Waals surface area contributed by atoms with Gasteiger partial charge in [0.2, 0.25) is 0 Å². The Labute approximate surface area is 248 Å². The smallest absolute Gasteiger partial charge is 0.269 e. The standard InChI is InChI=1S/C32H44ClN5O3/c1-6-37(26-13-11-25(12-14-26)34-16-15-23-9-8-10-27(17-23)41-5)30-19-24(33)18-28(21(30)3)31(39)35-20-29-22(4)38(7-2)36-32(29)40/h8-10,17-19,25-26,34H,6-7,11-16,20H2,1-5H3,(H,35,39)(H,36,40). The zero-order chi connectivity index (χ0) is 29.5. The lowest BCUT2D eigenvalue weighted by Crippen LogP contribution is -2.43. The van der Waals surface area contributed by atoms with E-state index < -0.39 is 0 Å². The molecule has 41 heavy (non-hydrogen) atoms. The molecule has 0 aliphatic heterocycles. The van der Waals surface area contributed by atoms with Gasteiger partial charge in [-0.05, 0) is 102 Å². The first-order chi connectivity index (χ1) is 19.7. The van der Waals surface area contributed by atoms with Gasteiger partial charge in [-0.1, -0.05) is 23.7 Å². The molecular weight excluding hydrogens is 538 g/mol. The van der Waals surface area contributed by atoms with Crippen molar-refractivity contribution in [1.82, 2.24) is 20.4 Å². The number of H-pyrrole nitrogens is 1. The van der Waals surface area contributed by atoms with Gasteiger partial charge < -0.3 is 20.3 Å². The van der Waals surface area contributed by atoms with Crippen LogP contribution in [0.2, 0.25) is 5.02 Å². The van der Waals surface area contributed by atoms with Crippen LogP contribution in [-0.2, 0) is 19.5 Å². The van der Waals surface area contributed by atoms with Crippen LogP contribution in [0.1, 0.15) is 72.3 Å². The molecule has 1 fully saturated rings. The summed E-state index contributed by atoms with van der Waals surface area (Å²) in [5.74, 6) is 0.672. The fourth-order valence-corrected chi connectivity index (χ4v) is 6.27. The third kappa shape index (κ3) is 7.35. The van der Waals surface area contributed by atoms with E-state index in [1.807, 2.05) is 39.0 Å². The predicted octanol–water partition coefficient (Wildman–Crippen LogP) is 5.37. The summed E-state index contributed by atoms with van der Waals surface area (Å²) in [7, 11) is 1.70. The summed E-state index contributed by atoms with van der Waals surface area (Å²) >= 11 is 6.56. The molecule has 0 spiro atoms. The van der Waals surface area contributed by atoms with Gasteiger partial charge in [-0.3, -0.25) is 19.4 Å². The summed E-state index contributed by atoms with van der Waals surface area (Å²) in [6.45, 7) is 10.6. The van der Waals surface area contributed by atoms with Gasteiger partial charge in [0.1, 0.15) is 5.75 Å². The number of carbonyl (C=O) groups excluding carboxylic acids is 1. The van der Waals surface area contributed by atoms with Crippen molar-refractivity contribution < 1.29 is 9.53 Å². The minimum absolute atomic E-state index is 0.167. The van der Waals surface area contributed by atoms with Crippen LogP contribution in [0, 0.1) is 13.8 Å². The van der Waals surface area contributed by atoms with Crippen LogP contribution in [-0.4, -0.2) is 48.0 Å². The fourth-order valence-electron chi connectivity index (χ4n) is 6.05. The van der Waals surface area contributed by atoms with Gasteiger partial charge >= 0.3 is 0 Å². The number of ether oxygens (including phenoxy) is 1. The molecule has 0 bridgehead atoms. The summed E-state index contributed by atoms with van der Waals surface area (Å²) in [6, 6.07) is 12.9. The van der Waals surface area contributed by atoms with Gasteiger partial charge in [-0.2, -0.15) is 0 Å². The third-order valence-electron chi connectivity index (χ3n) is 8.45. The first kappa shape index (κ1) is 30.7. The Hall–Kier alpha value is -3.23. The van der Waals surface area contributed by atoms with Crippen LogP contribution in [0.3, 0.4) is 0 Å². The van der Waals surface area contributed by atoms with Gasteiger partial charge in [-0.15, -0.1) is 0 Å². The Morgan fingerprint density at radius 3 is 2.56 bits per heavy atom. The van der Waals surface area contributed by atoms with Crippen molar-refractivity contribution in [3.05, 3.63) is 79.7 Å². The number of hydrogen-bond donors (Lipinski definition) is 3. The van der Waals surface area contributed by atoms with E-state index in [1.54, 1.807) is 17.9 Å². The van der Waals surface area contributed by atoms with Crippen LogP contribution in [0.5, 0.6) is 5.75 Å². The Morgan fingerprint density at radius 1 is 1.15 bits per heavy atom. The molecule has 0 unspecified atom stereocenters. The minimum atomic E-state index is -0.228. The zero-order valence-electron chi connectivity index (χ0n) is 25.0. The number of rotatable bonds is 12. The molecule has 1 aliphatic carbocycles. The second-order valence-electron chi connectivity index (χ2n) is 10.9. The molecule has 3 N–H and O–H groups in total. The molecule has 2 aromatic carbocycles. The Bertz CT molecular complexity index is 1390. The van der Waals surface area contributed by atoms with E-state index in [9.17, 15) is 9.59 Å². The number of nitrogens with zero attached hydrogens (tertiary/aromatic N) is 2. The highest BCUT2D eigenvalue weighted by Gasteiger charge is 2.27. The molecule has 1 aromatic heterocycles. The second-order valence-corrected chi connectivity index (χ2v) is 11.3. The second kappa shape index (κ2) is 14.1. The van der Waals surface area contributed by atoms with Crippen LogP contribution < -0.4 is 25.8 Å². The number of aromatic amines is 1. The number of aryl methyl sites for hydroxylation is 1. The lowest BCUT2D eigenvalue weighted by atomic mass is 9.89. The average Bonchev–Trinajstić information content (AvgIpc) is 3.26. The maximum Gasteiger partial charge on any atom is 0.269 e. The van der Waals surface area contributed by atoms with E-state index >= 15 is 0 Å². The summed E-state index contributed by atoms with van der Waals surface area (Å²) in [5.41, 5.74) is 4.97. The van der Waals surface area contributed by atoms with Crippen molar-refractivity contribution in [3.63, 3.8) is 0 Å². The fraction of sp³-hybridized carbons (Fsp3) is 0.500. The van der Waals surface area contributed by atoms with Crippen molar-refractivity contribution in [2.45, 2.75) is 85.0 Å². The normalized spacial score (nSPS) is 16.9. The van der Waals surface area contributed by atoms with E-state index in [2.05, 4.69) is 39.7 Å². The third-order valence-corrected chi connectivity index (χ3v) is 8.67. The summed E-state index contributed by atoms with van der Waals surface area (Å²) in [5, 5.41) is 10.0. The Balaban J connectivity index is 1.37. The number of anilines is 1. The van der Waals surface area contributed by atoms with E-state index in [0.29, 0.717) is 34.8 Å². The number of amides is 1. The van der Waals surface area contributed by atoms with Crippen molar-refractivity contribution >= 4 is 23.2 Å². The van der Waals surface area contributed by atoms with Crippen LogP contribution >= 0.6 is 11.6 Å². The quantitative estimate of drug-likeness (QED) is 0.267. The van der Waals surface area contributed by atoms with Crippen molar-refractivity contribution in [1.29, 1.82) is 0 Å². The zero-order valence-corrected chi connectivity index (χ0v) is 25.7. The molecular formula is C32H44ClN5O3. The average molecular weight is 582 g/mol. The van der Waals surface area contributed by atoms with E-state index in [4.69, 9.17) is 16.3 Å². The molecule has 1 saturated carbocycles. The predicted molar refractivity (Wildman–Crippen MR) is 167 cm³/mol. The molecule has 3 aromatic rings. The maximum absolute atomic E-state index is 13.3. The maximum atomic E-state index is 13.3. The molecule has 1 amide bonds. The van der Waals surface area contributed by atoms with Crippen LogP contribution in [0.4, 0.5) is 5.69 Å². The molecule has 1 heterocycles. The monoisotopic (exact) mass is 581 g/mol. The van der Waals surface area contributed by atoms with E-state index in [0.717, 1.165) is 67.9 Å². The molecule has 1 aliphatic rings. The highest BCUT2D eigenvalue weighted by atomic mass is 35.5. The van der Waals surface area contributed by atoms with Crippen LogP contribution in [0.25, 0.3) is 0 Å². The number of nitrogens with one attached hydrogen (secondary N) is 3. The number of carbonyl (C=O) groups is 1. The van der Waals surface area contributed by atoms with Crippen molar-refractivity contribution in [2.75, 3.05) is 25.1 Å². The SMILES string of the molecule is CCN(c1cc(Cl)cc(C(=O)NCc2c(C)n(CC)[nH]c2=O)c1C)C1CCC(NCCc2cccc(OC)c2)CC1. The van der Waals surface area contributed by atoms with Crippen molar-refractivity contribution in [2.24, 2.45) is 0 Å². The Morgan fingerprint density at radius 2 is 1.90 bits per heavy atom. The first-order valence-electron chi connectivity index (χ1n) is 14.7. The number of hydrogen-bond acceptors (Lipinski definition) is 5. The Kier molecular flexibility index (Phi) is 10.6. The van der Waals surface area contributed by atoms with Gasteiger partial charge in [0.15, 0.2) is 0 Å². The van der Waals surface area contributed by atoms with Gasteiger partial charge in [0.05, 0.1) is 19.2 Å².